The van der Waals surface area contributed by atoms with E-state index >= 15 is 0 Å². The molecule has 1 heterocycles. The molecule has 2 aromatic rings. The third-order valence-electron chi connectivity index (χ3n) is 3.37. The van der Waals surface area contributed by atoms with Gasteiger partial charge in [-0.1, -0.05) is 12.1 Å². The van der Waals surface area contributed by atoms with Gasteiger partial charge in [0.2, 0.25) is 0 Å². The second-order valence-corrected chi connectivity index (χ2v) is 4.50. The molecule has 1 aromatic carbocycles. The lowest BCUT2D eigenvalue weighted by Crippen LogP contribution is -2.06. The Morgan fingerprint density at radius 1 is 1.32 bits per heavy atom. The fourth-order valence-electron chi connectivity index (χ4n) is 2.44. The van der Waals surface area contributed by atoms with Gasteiger partial charge in [0.25, 0.3) is 0 Å². The molecule has 0 saturated heterocycles. The molecule has 1 aliphatic rings. The van der Waals surface area contributed by atoms with Crippen molar-refractivity contribution >= 4 is 11.5 Å². The van der Waals surface area contributed by atoms with Gasteiger partial charge in [-0.3, -0.25) is 0 Å². The fourth-order valence-corrected chi connectivity index (χ4v) is 2.44. The molecule has 0 amide bonds. The molecule has 0 unspecified atom stereocenters. The van der Waals surface area contributed by atoms with Gasteiger partial charge in [0.1, 0.15) is 5.76 Å². The summed E-state index contributed by atoms with van der Waals surface area (Å²) in [6.07, 6.45) is 5.79. The third kappa shape index (κ3) is 2.08. The second kappa shape index (κ2) is 4.76. The van der Waals surface area contributed by atoms with E-state index in [-0.39, 0.29) is 5.97 Å². The smallest absolute Gasteiger partial charge is 0.337 e. The lowest BCUT2D eigenvalue weighted by atomic mass is 9.88. The quantitative estimate of drug-likeness (QED) is 0.770. The van der Waals surface area contributed by atoms with Crippen LogP contribution in [0.2, 0.25) is 0 Å². The monoisotopic (exact) mass is 254 g/mol. The Kier molecular flexibility index (Phi) is 2.95. The molecule has 19 heavy (non-hydrogen) atoms. The summed E-state index contributed by atoms with van der Waals surface area (Å²) in [4.78, 5) is 11.6. The summed E-state index contributed by atoms with van der Waals surface area (Å²) < 4.78 is 10.2. The Labute approximate surface area is 111 Å². The number of carbonyl (C=O) groups is 1. The van der Waals surface area contributed by atoms with E-state index in [4.69, 9.17) is 9.15 Å². The molecule has 3 rings (SSSR count). The molecule has 3 heteroatoms. The summed E-state index contributed by atoms with van der Waals surface area (Å²) in [6, 6.07) is 9.50. The van der Waals surface area contributed by atoms with Gasteiger partial charge in [0.15, 0.2) is 0 Å². The Balaban J connectivity index is 2.09. The maximum atomic E-state index is 11.6. The largest absolute Gasteiger partial charge is 0.465 e. The van der Waals surface area contributed by atoms with Crippen molar-refractivity contribution in [3.05, 3.63) is 65.1 Å². The number of furan rings is 1. The first-order valence-corrected chi connectivity index (χ1v) is 6.25. The number of methoxy groups -OCH3 is 1. The van der Waals surface area contributed by atoms with Gasteiger partial charge in [-0.25, -0.2) is 4.79 Å². The van der Waals surface area contributed by atoms with Crippen LogP contribution in [0.5, 0.6) is 0 Å². The zero-order chi connectivity index (χ0) is 13.2. The average molecular weight is 254 g/mol. The molecule has 0 bridgehead atoms. The predicted molar refractivity (Wildman–Crippen MR) is 71.9 cm³/mol. The first-order valence-electron chi connectivity index (χ1n) is 6.25. The van der Waals surface area contributed by atoms with Crippen LogP contribution in [0.4, 0.5) is 0 Å². The predicted octanol–water partition coefficient (Wildman–Crippen LogP) is 3.44. The van der Waals surface area contributed by atoms with Crippen molar-refractivity contribution < 1.29 is 13.9 Å². The lowest BCUT2D eigenvalue weighted by molar-refractivity contribution is 0.0600. The fraction of sp³-hybridized carbons (Fsp3) is 0.188. The van der Waals surface area contributed by atoms with E-state index in [9.17, 15) is 4.79 Å². The molecule has 0 N–H and O–H groups in total. The van der Waals surface area contributed by atoms with E-state index in [2.05, 4.69) is 6.08 Å². The van der Waals surface area contributed by atoms with Gasteiger partial charge in [-0.05, 0) is 48.2 Å². The van der Waals surface area contributed by atoms with E-state index in [1.165, 1.54) is 12.7 Å². The molecule has 0 aliphatic heterocycles. The highest BCUT2D eigenvalue weighted by Crippen LogP contribution is 2.32. The number of hydrogen-bond donors (Lipinski definition) is 0. The van der Waals surface area contributed by atoms with Crippen molar-refractivity contribution in [1.82, 2.24) is 0 Å². The number of rotatable bonds is 2. The van der Waals surface area contributed by atoms with E-state index in [1.807, 2.05) is 30.3 Å². The number of carbonyl (C=O) groups excluding carboxylic acids is 1. The SMILES string of the molecule is COC(=O)c1ccc2c(c1)C(c1ccco1)=CCC2. The molecule has 0 saturated carbocycles. The van der Waals surface area contributed by atoms with Gasteiger partial charge < -0.3 is 9.15 Å². The number of esters is 1. The number of benzene rings is 1. The Morgan fingerprint density at radius 2 is 2.21 bits per heavy atom. The summed E-state index contributed by atoms with van der Waals surface area (Å²) in [6.45, 7) is 0. The molecule has 0 atom stereocenters. The van der Waals surface area contributed by atoms with E-state index in [1.54, 1.807) is 6.26 Å². The van der Waals surface area contributed by atoms with Crippen molar-refractivity contribution in [2.45, 2.75) is 12.8 Å². The Bertz CT molecular complexity index is 636. The summed E-state index contributed by atoms with van der Waals surface area (Å²) >= 11 is 0. The molecule has 1 aromatic heterocycles. The molecular formula is C16H14O3. The van der Waals surface area contributed by atoms with Crippen LogP contribution in [0.15, 0.2) is 47.1 Å². The molecule has 0 radical (unpaired) electrons. The lowest BCUT2D eigenvalue weighted by Gasteiger charge is -2.17. The molecule has 1 aliphatic carbocycles. The summed E-state index contributed by atoms with van der Waals surface area (Å²) in [5.74, 6) is 0.523. The minimum absolute atomic E-state index is 0.313. The normalized spacial score (nSPS) is 13.6. The van der Waals surface area contributed by atoms with Gasteiger partial charge in [0, 0.05) is 5.57 Å². The molecule has 0 spiro atoms. The standard InChI is InChI=1S/C16H14O3/c1-18-16(17)12-8-7-11-4-2-5-13(14(11)10-12)15-6-3-9-19-15/h3,5-10H,2,4H2,1H3. The van der Waals surface area contributed by atoms with E-state index < -0.39 is 0 Å². The molecular weight excluding hydrogens is 240 g/mol. The highest BCUT2D eigenvalue weighted by molar-refractivity contribution is 5.92. The Hall–Kier alpha value is -2.29. The van der Waals surface area contributed by atoms with Crippen LogP contribution in [0.25, 0.3) is 5.57 Å². The zero-order valence-corrected chi connectivity index (χ0v) is 10.7. The van der Waals surface area contributed by atoms with Crippen LogP contribution >= 0.6 is 0 Å². The average Bonchev–Trinajstić information content (AvgIpc) is 2.99. The minimum atomic E-state index is -0.313. The molecule has 96 valence electrons. The van der Waals surface area contributed by atoms with Gasteiger partial charge in [0.05, 0.1) is 18.9 Å². The third-order valence-corrected chi connectivity index (χ3v) is 3.37. The highest BCUT2D eigenvalue weighted by atomic mass is 16.5. The zero-order valence-electron chi connectivity index (χ0n) is 10.7. The van der Waals surface area contributed by atoms with Crippen LogP contribution in [0, 0.1) is 0 Å². The Morgan fingerprint density at radius 3 is 2.95 bits per heavy atom. The van der Waals surface area contributed by atoms with Crippen molar-refractivity contribution in [3.63, 3.8) is 0 Å². The second-order valence-electron chi connectivity index (χ2n) is 4.50. The topological polar surface area (TPSA) is 39.4 Å². The van der Waals surface area contributed by atoms with Crippen molar-refractivity contribution in [3.8, 4) is 0 Å². The van der Waals surface area contributed by atoms with Crippen molar-refractivity contribution in [2.75, 3.05) is 7.11 Å². The number of fused-ring (bicyclic) bond motifs is 1. The van der Waals surface area contributed by atoms with Crippen LogP contribution in [-0.2, 0) is 11.2 Å². The van der Waals surface area contributed by atoms with Crippen LogP contribution < -0.4 is 0 Å². The maximum Gasteiger partial charge on any atom is 0.337 e. The summed E-state index contributed by atoms with van der Waals surface area (Å²) in [5, 5.41) is 0. The first-order chi connectivity index (χ1) is 9.29. The van der Waals surface area contributed by atoms with Crippen molar-refractivity contribution in [1.29, 1.82) is 0 Å². The summed E-state index contributed by atoms with van der Waals surface area (Å²) in [7, 11) is 1.39. The minimum Gasteiger partial charge on any atom is -0.465 e. The van der Waals surface area contributed by atoms with Crippen molar-refractivity contribution in [2.24, 2.45) is 0 Å². The first kappa shape index (κ1) is 11.8. The van der Waals surface area contributed by atoms with Gasteiger partial charge in [-0.15, -0.1) is 0 Å². The van der Waals surface area contributed by atoms with Crippen LogP contribution in [0.3, 0.4) is 0 Å². The number of ether oxygens (including phenoxy) is 1. The van der Waals surface area contributed by atoms with Gasteiger partial charge >= 0.3 is 5.97 Å². The van der Waals surface area contributed by atoms with Crippen LogP contribution in [0.1, 0.15) is 33.7 Å². The number of allylic oxidation sites excluding steroid dienone is 1. The highest BCUT2D eigenvalue weighted by Gasteiger charge is 2.18. The number of hydrogen-bond acceptors (Lipinski definition) is 3. The molecule has 0 fully saturated rings. The van der Waals surface area contributed by atoms with Crippen LogP contribution in [-0.4, -0.2) is 13.1 Å². The number of aryl methyl sites for hydroxylation is 1. The van der Waals surface area contributed by atoms with E-state index in [0.29, 0.717) is 5.56 Å². The van der Waals surface area contributed by atoms with E-state index in [0.717, 1.165) is 29.7 Å². The maximum absolute atomic E-state index is 11.6. The van der Waals surface area contributed by atoms with Gasteiger partial charge in [-0.2, -0.15) is 0 Å². The molecule has 3 nitrogen and oxygen atoms in total. The summed E-state index contributed by atoms with van der Waals surface area (Å²) in [5.41, 5.74) is 3.92.